The first kappa shape index (κ1) is 39.1. The second-order valence-corrected chi connectivity index (χ2v) is 21.7. The molecule has 0 N–H and O–H groups in total. The van der Waals surface area contributed by atoms with E-state index in [0.717, 1.165) is 58.0 Å². The minimum absolute atomic E-state index is 0. The molecular weight excluding hydrogens is 1080 g/mol. The van der Waals surface area contributed by atoms with Crippen LogP contribution in [-0.4, -0.2) is 9.55 Å². The maximum Gasteiger partial charge on any atom is 0.135 e. The van der Waals surface area contributed by atoms with Crippen molar-refractivity contribution < 1.29 is 42.3 Å². The van der Waals surface area contributed by atoms with Crippen LogP contribution in [0.3, 0.4) is 0 Å². The molecule has 0 aliphatic carbocycles. The Bertz CT molecular complexity index is 4080. The van der Waals surface area contributed by atoms with Gasteiger partial charge in [-0.15, -0.1) is 48.3 Å². The van der Waals surface area contributed by atoms with E-state index in [2.05, 4.69) is 94.6 Å². The number of pyridine rings is 1. The van der Waals surface area contributed by atoms with Crippen molar-refractivity contribution in [1.82, 2.24) is 9.55 Å². The SMILES string of the molecule is [2H]c1c([2H])c([2H])c(-c2c([2H])c([2H])c([2H])c(-c3c([2H])c([2H])c([2H])c(C(C)(C)C)c3[2H])c2N2[CH-]N(c3[c-]c(Oc4[c-]c5c(c(CC(C)C)c4)c4cc(CCCCCCCC)ccc4n5-c4cc(C(C)(C)C)ccn4)ccc3)c3ccccc32)c([2H])c1[2H].[Pt]. The molecule has 0 saturated heterocycles. The molecule has 1 aliphatic rings. The number of anilines is 4. The molecule has 5 nitrogen and oxygen atoms in total. The van der Waals surface area contributed by atoms with Gasteiger partial charge in [-0.25, -0.2) is 4.98 Å². The van der Waals surface area contributed by atoms with Crippen LogP contribution in [0.15, 0.2) is 158 Å². The van der Waals surface area contributed by atoms with Gasteiger partial charge in [-0.1, -0.05) is 202 Å². The van der Waals surface area contributed by atoms with Gasteiger partial charge < -0.3 is 19.1 Å². The maximum atomic E-state index is 9.72. The Kier molecular flexibility index (Phi) is 11.7. The zero-order valence-electron chi connectivity index (χ0n) is 55.9. The third kappa shape index (κ3) is 11.0. The van der Waals surface area contributed by atoms with Crippen molar-refractivity contribution >= 4 is 44.6 Å². The molecule has 0 atom stereocenters. The van der Waals surface area contributed by atoms with E-state index in [1.54, 1.807) is 55.4 Å². The van der Waals surface area contributed by atoms with Crippen LogP contribution >= 0.6 is 0 Å². The second kappa shape index (κ2) is 22.2. The molecular formula is C68H71N4OPt-3. The average molecular weight is 1170 g/mol. The van der Waals surface area contributed by atoms with Crippen LogP contribution < -0.4 is 14.5 Å². The van der Waals surface area contributed by atoms with E-state index in [9.17, 15) is 9.60 Å². The molecule has 10 rings (SSSR count). The second-order valence-electron chi connectivity index (χ2n) is 21.7. The summed E-state index contributed by atoms with van der Waals surface area (Å²) in [7, 11) is 0. The van der Waals surface area contributed by atoms with Gasteiger partial charge in [0.25, 0.3) is 0 Å². The number of unbranched alkanes of at least 4 members (excludes halogenated alkanes) is 5. The fourth-order valence-corrected chi connectivity index (χ4v) is 9.79. The Morgan fingerprint density at radius 1 is 0.676 bits per heavy atom. The average Bonchev–Trinajstić information content (AvgIpc) is 1.23. The van der Waals surface area contributed by atoms with Crippen LogP contribution in [0.25, 0.3) is 49.9 Å². The molecule has 9 aromatic rings. The van der Waals surface area contributed by atoms with Crippen LogP contribution in [-0.2, 0) is 44.7 Å². The molecule has 74 heavy (non-hydrogen) atoms. The smallest absolute Gasteiger partial charge is 0.135 e. The van der Waals surface area contributed by atoms with Gasteiger partial charge in [0.05, 0.1) is 16.4 Å². The molecule has 2 aromatic heterocycles. The van der Waals surface area contributed by atoms with Crippen molar-refractivity contribution in [2.24, 2.45) is 5.92 Å². The van der Waals surface area contributed by atoms with Gasteiger partial charge in [-0.3, -0.25) is 0 Å². The van der Waals surface area contributed by atoms with E-state index < -0.39 is 71.4 Å². The molecule has 0 radical (unpaired) electrons. The molecule has 0 spiro atoms. The Morgan fingerprint density at radius 3 is 2.12 bits per heavy atom. The molecule has 0 amide bonds. The van der Waals surface area contributed by atoms with Gasteiger partial charge >= 0.3 is 0 Å². The number of ether oxygens (including phenoxy) is 1. The van der Waals surface area contributed by atoms with Gasteiger partial charge in [0.15, 0.2) is 0 Å². The van der Waals surface area contributed by atoms with Crippen molar-refractivity contribution in [2.75, 3.05) is 9.80 Å². The summed E-state index contributed by atoms with van der Waals surface area (Å²) in [6.07, 6.45) is 10.9. The number of aryl methyl sites for hydroxylation is 1. The van der Waals surface area contributed by atoms with Gasteiger partial charge in [-0.05, 0) is 99.5 Å². The minimum atomic E-state index is -0.917. The van der Waals surface area contributed by atoms with Crippen LogP contribution in [0.2, 0.25) is 0 Å². The first-order valence-corrected chi connectivity index (χ1v) is 25.8. The van der Waals surface area contributed by atoms with Crippen molar-refractivity contribution in [3.8, 4) is 39.6 Å². The molecule has 382 valence electrons. The molecule has 0 bridgehead atoms. The predicted octanol–water partition coefficient (Wildman–Crippen LogP) is 19.0. The first-order valence-electron chi connectivity index (χ1n) is 31.8. The molecule has 0 saturated carbocycles. The van der Waals surface area contributed by atoms with E-state index in [4.69, 9.17) is 16.6 Å². The maximum absolute atomic E-state index is 9.72. The number of rotatable bonds is 16. The van der Waals surface area contributed by atoms with Crippen molar-refractivity contribution in [3.05, 3.63) is 199 Å². The number of fused-ring (bicyclic) bond motifs is 4. The largest absolute Gasteiger partial charge is 0.509 e. The first-order chi connectivity index (χ1) is 40.2. The third-order valence-electron chi connectivity index (χ3n) is 13.5. The number of hydrogen-bond donors (Lipinski definition) is 0. The van der Waals surface area contributed by atoms with E-state index in [1.807, 2.05) is 30.5 Å². The standard InChI is InChI=1S/C68H71N4O.Pt/c1-10-11-12-13-14-16-24-48-35-36-60-59(40-48)65-51(39-47(2)3)42-56(45-63(65)72(60)64-43-53(37-38-69-64)68(7,8)9)73-55-30-22-29-54(44-55)70-46-71(62-34-20-19-33-61(62)70)66-57(49-25-17-15-18-26-49)31-23-32-58(66)50-27-21-28-52(41-50)67(4,5)6;/h15,17-23,25-38,40-43,46-47H,10-14,16,24,39H2,1-9H3;/q-3;/i15D,17D,18D,21D,23D,25D,26D,27D,28D,31D,32D,41D;. The quantitative estimate of drug-likeness (QED) is 0.0713. The number of nitrogens with zero attached hydrogens (tertiary/aromatic N) is 4. The van der Waals surface area contributed by atoms with Crippen LogP contribution in [0.4, 0.5) is 22.7 Å². The zero-order valence-corrected chi connectivity index (χ0v) is 46.2. The zero-order chi connectivity index (χ0) is 61.3. The summed E-state index contributed by atoms with van der Waals surface area (Å²) in [6.45, 7) is 20.2. The Hall–Kier alpha value is -6.42. The molecule has 3 heterocycles. The summed E-state index contributed by atoms with van der Waals surface area (Å²) in [6, 6.07) is 25.8. The fraction of sp³-hybridized carbons (Fsp3) is 0.294. The van der Waals surface area contributed by atoms with Gasteiger partial charge in [0, 0.05) is 72.5 Å². The fourth-order valence-electron chi connectivity index (χ4n) is 9.79. The predicted molar refractivity (Wildman–Crippen MR) is 308 cm³/mol. The number of hydrogen-bond acceptors (Lipinski definition) is 4. The van der Waals surface area contributed by atoms with Crippen molar-refractivity contribution in [2.45, 2.75) is 125 Å². The van der Waals surface area contributed by atoms with E-state index >= 15 is 0 Å². The van der Waals surface area contributed by atoms with Crippen LogP contribution in [0, 0.1) is 24.7 Å². The summed E-state index contributed by atoms with van der Waals surface area (Å²) in [5.74, 6) is 1.86. The molecule has 0 unspecified atom stereocenters. The summed E-state index contributed by atoms with van der Waals surface area (Å²) in [5.41, 5.74) is 4.43. The Labute approximate surface area is 472 Å². The van der Waals surface area contributed by atoms with Gasteiger partial charge in [-0.2, -0.15) is 6.07 Å². The summed E-state index contributed by atoms with van der Waals surface area (Å²) in [5, 5.41) is 2.23. The summed E-state index contributed by atoms with van der Waals surface area (Å²) >= 11 is 0. The molecule has 7 aromatic carbocycles. The third-order valence-corrected chi connectivity index (χ3v) is 13.5. The van der Waals surface area contributed by atoms with E-state index in [0.29, 0.717) is 28.6 Å². The monoisotopic (exact) mass is 1170 g/mol. The normalized spacial score (nSPS) is 15.0. The number of para-hydroxylation sites is 3. The number of benzene rings is 7. The topological polar surface area (TPSA) is 33.5 Å². The Morgan fingerprint density at radius 2 is 1.38 bits per heavy atom. The van der Waals surface area contributed by atoms with E-state index in [-0.39, 0.29) is 72.4 Å². The Balaban J connectivity index is 0.00000884. The van der Waals surface area contributed by atoms with E-state index in [1.165, 1.54) is 37.7 Å². The van der Waals surface area contributed by atoms with Crippen molar-refractivity contribution in [1.29, 1.82) is 0 Å². The van der Waals surface area contributed by atoms with Crippen molar-refractivity contribution in [3.63, 3.8) is 0 Å². The van der Waals surface area contributed by atoms with Gasteiger partial charge in [0.2, 0.25) is 0 Å². The summed E-state index contributed by atoms with van der Waals surface area (Å²) in [4.78, 5) is 8.36. The van der Waals surface area contributed by atoms with Gasteiger partial charge in [0.1, 0.15) is 5.82 Å². The number of aromatic nitrogens is 2. The van der Waals surface area contributed by atoms with Crippen LogP contribution in [0.1, 0.15) is 140 Å². The summed E-state index contributed by atoms with van der Waals surface area (Å²) < 4.78 is 119. The van der Waals surface area contributed by atoms with Crippen LogP contribution in [0.5, 0.6) is 11.5 Å². The molecule has 1 aliphatic heterocycles. The molecule has 0 fully saturated rings. The minimum Gasteiger partial charge on any atom is -0.509 e. The molecule has 6 heteroatoms.